The summed E-state index contributed by atoms with van der Waals surface area (Å²) in [6.07, 6.45) is 6.28. The Balaban J connectivity index is 1.12. The number of rotatable bonds is 8. The van der Waals surface area contributed by atoms with Crippen LogP contribution in [0.3, 0.4) is 0 Å². The molecule has 0 saturated heterocycles. The van der Waals surface area contributed by atoms with Gasteiger partial charge in [0.15, 0.2) is 0 Å². The molecule has 8 aromatic carbocycles. The summed E-state index contributed by atoms with van der Waals surface area (Å²) in [6, 6.07) is 73.4. The lowest BCUT2D eigenvalue weighted by Gasteiger charge is -2.47. The molecule has 0 fully saturated rings. The van der Waals surface area contributed by atoms with Gasteiger partial charge in [-0.1, -0.05) is 202 Å². The maximum Gasteiger partial charge on any atom is 0.0679 e. The standard InChI is InChI=1S/C59H47N/c1-5-6-25-52-41(2)59(55-28-17-16-27-54(55)58(52,3)4)53-26-15-13-24-50(53)51-39-34-46(40-56(51)59)44-32-37-48(38-33-44)60(47-35-30-43(31-36-47)42-19-9-7-10-20-42)57-29-18-14-23-49(57)45-21-11-8-12-22-45/h5-40H,1H2,2-4H3/b25-6-. The summed E-state index contributed by atoms with van der Waals surface area (Å²) in [6.45, 7) is 11.1. The number of nitrogens with zero attached hydrogens (tertiary/aromatic N) is 1. The van der Waals surface area contributed by atoms with Crippen LogP contribution in [0.25, 0.3) is 44.5 Å². The zero-order valence-electron chi connectivity index (χ0n) is 34.4. The Bertz CT molecular complexity index is 2950. The molecule has 0 saturated carbocycles. The number of hydrogen-bond donors (Lipinski definition) is 0. The fourth-order valence-corrected chi connectivity index (χ4v) is 10.2. The quantitative estimate of drug-likeness (QED) is 0.139. The van der Waals surface area contributed by atoms with Crippen LogP contribution < -0.4 is 4.90 Å². The molecule has 1 nitrogen and oxygen atoms in total. The molecule has 10 rings (SSSR count). The zero-order valence-corrected chi connectivity index (χ0v) is 34.4. The maximum atomic E-state index is 4.04. The Morgan fingerprint density at radius 1 is 0.433 bits per heavy atom. The molecule has 0 N–H and O–H groups in total. The van der Waals surface area contributed by atoms with Gasteiger partial charge < -0.3 is 4.90 Å². The van der Waals surface area contributed by atoms with E-state index in [0.717, 1.165) is 17.1 Å². The van der Waals surface area contributed by atoms with E-state index in [-0.39, 0.29) is 5.41 Å². The van der Waals surface area contributed by atoms with E-state index in [0.29, 0.717) is 0 Å². The van der Waals surface area contributed by atoms with Crippen molar-refractivity contribution in [3.05, 3.63) is 258 Å². The zero-order chi connectivity index (χ0) is 40.8. The highest BCUT2D eigenvalue weighted by molar-refractivity contribution is 5.91. The van der Waals surface area contributed by atoms with Gasteiger partial charge in [-0.2, -0.15) is 0 Å². The van der Waals surface area contributed by atoms with Crippen LogP contribution in [-0.2, 0) is 10.8 Å². The summed E-state index contributed by atoms with van der Waals surface area (Å²) < 4.78 is 0. The lowest BCUT2D eigenvalue weighted by atomic mass is 9.55. The molecule has 2 aliphatic rings. The lowest BCUT2D eigenvalue weighted by molar-refractivity contribution is 0.558. The first-order valence-corrected chi connectivity index (χ1v) is 21.0. The molecular formula is C59H47N. The molecule has 60 heavy (non-hydrogen) atoms. The van der Waals surface area contributed by atoms with Gasteiger partial charge in [-0.3, -0.25) is 0 Å². The molecule has 1 spiro atoms. The highest BCUT2D eigenvalue weighted by atomic mass is 15.1. The molecular weight excluding hydrogens is 723 g/mol. The first-order chi connectivity index (χ1) is 29.4. The van der Waals surface area contributed by atoms with Crippen LogP contribution in [0, 0.1) is 0 Å². The molecule has 288 valence electrons. The second kappa shape index (κ2) is 14.9. The van der Waals surface area contributed by atoms with Crippen LogP contribution in [0.5, 0.6) is 0 Å². The van der Waals surface area contributed by atoms with E-state index >= 15 is 0 Å². The third kappa shape index (κ3) is 5.84. The summed E-state index contributed by atoms with van der Waals surface area (Å²) >= 11 is 0. The SMILES string of the molecule is C=C/C=C\C1=C(C)C2(c3ccccc3-c3ccc(-c4ccc(N(c5ccc(-c6ccccc6)cc5)c5ccccc5-c5ccccc5)cc4)cc32)c2ccccc2C1(C)C. The largest absolute Gasteiger partial charge is 0.310 e. The van der Waals surface area contributed by atoms with Gasteiger partial charge in [-0.15, -0.1) is 0 Å². The molecule has 1 atom stereocenters. The predicted octanol–water partition coefficient (Wildman–Crippen LogP) is 15.8. The molecule has 8 aromatic rings. The van der Waals surface area contributed by atoms with Crippen molar-refractivity contribution in [3.8, 4) is 44.5 Å². The van der Waals surface area contributed by atoms with Gasteiger partial charge in [-0.25, -0.2) is 0 Å². The van der Waals surface area contributed by atoms with Crippen LogP contribution in [0.4, 0.5) is 17.1 Å². The van der Waals surface area contributed by atoms with Crippen LogP contribution in [0.2, 0.25) is 0 Å². The van der Waals surface area contributed by atoms with E-state index in [4.69, 9.17) is 0 Å². The number of fused-ring (bicyclic) bond motifs is 7. The Hall–Kier alpha value is -7.22. The number of hydrogen-bond acceptors (Lipinski definition) is 1. The van der Waals surface area contributed by atoms with Gasteiger partial charge in [0, 0.05) is 22.4 Å². The van der Waals surface area contributed by atoms with E-state index in [2.05, 4.69) is 245 Å². The van der Waals surface area contributed by atoms with E-state index in [1.807, 2.05) is 6.08 Å². The third-order valence-corrected chi connectivity index (χ3v) is 13.0. The van der Waals surface area contributed by atoms with Crippen molar-refractivity contribution < 1.29 is 0 Å². The van der Waals surface area contributed by atoms with Gasteiger partial charge in [0.2, 0.25) is 0 Å². The van der Waals surface area contributed by atoms with Gasteiger partial charge in [0.1, 0.15) is 0 Å². The molecule has 0 bridgehead atoms. The van der Waals surface area contributed by atoms with Crippen molar-refractivity contribution in [1.29, 1.82) is 0 Å². The Kier molecular flexibility index (Phi) is 9.18. The van der Waals surface area contributed by atoms with E-state index in [1.54, 1.807) is 0 Å². The van der Waals surface area contributed by atoms with Gasteiger partial charge >= 0.3 is 0 Å². The van der Waals surface area contributed by atoms with Crippen LogP contribution in [-0.4, -0.2) is 0 Å². The monoisotopic (exact) mass is 769 g/mol. The van der Waals surface area contributed by atoms with Crippen LogP contribution >= 0.6 is 0 Å². The van der Waals surface area contributed by atoms with Gasteiger partial charge in [-0.05, 0) is 116 Å². The second-order valence-electron chi connectivity index (χ2n) is 16.5. The molecule has 0 amide bonds. The molecule has 0 heterocycles. The highest BCUT2D eigenvalue weighted by Gasteiger charge is 2.52. The van der Waals surface area contributed by atoms with Gasteiger partial charge in [0.05, 0.1) is 11.1 Å². The molecule has 0 aromatic heterocycles. The summed E-state index contributed by atoms with van der Waals surface area (Å²) in [5.74, 6) is 0. The second-order valence-corrected chi connectivity index (χ2v) is 16.5. The Morgan fingerprint density at radius 2 is 0.917 bits per heavy atom. The molecule has 0 radical (unpaired) electrons. The number of anilines is 3. The first kappa shape index (κ1) is 37.1. The summed E-state index contributed by atoms with van der Waals surface area (Å²) in [7, 11) is 0. The van der Waals surface area contributed by atoms with Crippen molar-refractivity contribution >= 4 is 17.1 Å². The Morgan fingerprint density at radius 3 is 1.57 bits per heavy atom. The van der Waals surface area contributed by atoms with Crippen molar-refractivity contribution in [2.24, 2.45) is 0 Å². The third-order valence-electron chi connectivity index (χ3n) is 13.0. The molecule has 2 aliphatic carbocycles. The van der Waals surface area contributed by atoms with Crippen molar-refractivity contribution in [2.45, 2.75) is 31.6 Å². The van der Waals surface area contributed by atoms with E-state index in [9.17, 15) is 0 Å². The summed E-state index contributed by atoms with van der Waals surface area (Å²) in [5, 5.41) is 0. The minimum Gasteiger partial charge on any atom is -0.310 e. The topological polar surface area (TPSA) is 3.24 Å². The fourth-order valence-electron chi connectivity index (χ4n) is 10.2. The highest BCUT2D eigenvalue weighted by Crippen LogP contribution is 2.62. The molecule has 1 heteroatoms. The summed E-state index contributed by atoms with van der Waals surface area (Å²) in [5.41, 5.74) is 20.6. The van der Waals surface area contributed by atoms with Gasteiger partial charge in [0.25, 0.3) is 0 Å². The van der Waals surface area contributed by atoms with Crippen molar-refractivity contribution in [2.75, 3.05) is 4.90 Å². The lowest BCUT2D eigenvalue weighted by Crippen LogP contribution is -2.40. The maximum absolute atomic E-state index is 4.04. The molecule has 0 aliphatic heterocycles. The van der Waals surface area contributed by atoms with E-state index < -0.39 is 5.41 Å². The van der Waals surface area contributed by atoms with E-state index in [1.165, 1.54) is 77.9 Å². The molecule has 1 unspecified atom stereocenters. The number of benzene rings is 8. The number of allylic oxidation sites excluding steroid dienone is 5. The predicted molar refractivity (Wildman–Crippen MR) is 254 cm³/mol. The minimum atomic E-state index is -0.432. The summed E-state index contributed by atoms with van der Waals surface area (Å²) in [4.78, 5) is 2.39. The van der Waals surface area contributed by atoms with Crippen molar-refractivity contribution in [3.63, 3.8) is 0 Å². The minimum absolute atomic E-state index is 0.177. The van der Waals surface area contributed by atoms with Crippen LogP contribution in [0.15, 0.2) is 236 Å². The number of para-hydroxylation sites is 1. The normalized spacial score (nSPS) is 16.1. The van der Waals surface area contributed by atoms with Crippen LogP contribution in [0.1, 0.15) is 43.0 Å². The first-order valence-electron chi connectivity index (χ1n) is 21.0. The smallest absolute Gasteiger partial charge is 0.0679 e. The fraction of sp³-hybridized carbons (Fsp3) is 0.0847. The Labute approximate surface area is 355 Å². The average molecular weight is 770 g/mol. The van der Waals surface area contributed by atoms with Crippen molar-refractivity contribution in [1.82, 2.24) is 0 Å². The average Bonchev–Trinajstić information content (AvgIpc) is 3.60.